The SMILES string of the molecule is CCCOc1nc(NC2CCCC2SCC)ccc1N. The lowest BCUT2D eigenvalue weighted by Crippen LogP contribution is -2.26. The van der Waals surface area contributed by atoms with Gasteiger partial charge in [0.1, 0.15) is 5.82 Å². The van der Waals surface area contributed by atoms with Crippen molar-refractivity contribution in [1.29, 1.82) is 0 Å². The second-order valence-electron chi connectivity index (χ2n) is 5.11. The first-order chi connectivity index (χ1) is 9.74. The van der Waals surface area contributed by atoms with Crippen LogP contribution in [0.2, 0.25) is 0 Å². The lowest BCUT2D eigenvalue weighted by atomic mass is 10.2. The van der Waals surface area contributed by atoms with E-state index >= 15 is 0 Å². The zero-order chi connectivity index (χ0) is 14.4. The Morgan fingerprint density at radius 1 is 1.40 bits per heavy atom. The number of nitrogens with two attached hydrogens (primary N) is 1. The first-order valence-electron chi connectivity index (χ1n) is 7.52. The highest BCUT2D eigenvalue weighted by atomic mass is 32.2. The molecule has 20 heavy (non-hydrogen) atoms. The number of nitrogens with zero attached hydrogens (tertiary/aromatic N) is 1. The Bertz CT molecular complexity index is 428. The van der Waals surface area contributed by atoms with Crippen LogP contribution in [0.4, 0.5) is 11.5 Å². The van der Waals surface area contributed by atoms with E-state index in [-0.39, 0.29) is 0 Å². The van der Waals surface area contributed by atoms with E-state index in [0.29, 0.717) is 29.5 Å². The number of ether oxygens (including phenoxy) is 1. The third-order valence-corrected chi connectivity index (χ3v) is 4.82. The molecular formula is C15H25N3OS. The van der Waals surface area contributed by atoms with Crippen molar-refractivity contribution in [1.82, 2.24) is 4.98 Å². The molecule has 1 aromatic heterocycles. The van der Waals surface area contributed by atoms with Gasteiger partial charge in [0.25, 0.3) is 0 Å². The lowest BCUT2D eigenvalue weighted by molar-refractivity contribution is 0.307. The van der Waals surface area contributed by atoms with E-state index in [0.717, 1.165) is 12.2 Å². The van der Waals surface area contributed by atoms with Crippen LogP contribution in [0.3, 0.4) is 0 Å². The Balaban J connectivity index is 2.01. The van der Waals surface area contributed by atoms with Crippen molar-refractivity contribution in [2.45, 2.75) is 50.8 Å². The first kappa shape index (κ1) is 15.3. The highest BCUT2D eigenvalue weighted by Gasteiger charge is 2.27. The molecule has 0 amide bonds. The fraction of sp³-hybridized carbons (Fsp3) is 0.667. The topological polar surface area (TPSA) is 60.2 Å². The molecule has 4 nitrogen and oxygen atoms in total. The van der Waals surface area contributed by atoms with Crippen LogP contribution in [0.1, 0.15) is 39.5 Å². The maximum atomic E-state index is 5.89. The van der Waals surface area contributed by atoms with Crippen LogP contribution < -0.4 is 15.8 Å². The largest absolute Gasteiger partial charge is 0.476 e. The van der Waals surface area contributed by atoms with Gasteiger partial charge in [-0.3, -0.25) is 0 Å². The summed E-state index contributed by atoms with van der Waals surface area (Å²) in [5, 5.41) is 4.25. The van der Waals surface area contributed by atoms with E-state index in [1.54, 1.807) is 0 Å². The predicted octanol–water partition coefficient (Wildman–Crippen LogP) is 3.54. The normalized spacial score (nSPS) is 21.9. The number of rotatable bonds is 7. The molecule has 0 radical (unpaired) electrons. The number of nitrogen functional groups attached to an aromatic ring is 1. The van der Waals surface area contributed by atoms with Crippen molar-refractivity contribution in [2.75, 3.05) is 23.4 Å². The van der Waals surface area contributed by atoms with Gasteiger partial charge in [0.15, 0.2) is 0 Å². The van der Waals surface area contributed by atoms with Crippen LogP contribution in [0.5, 0.6) is 5.88 Å². The Hall–Kier alpha value is -1.10. The fourth-order valence-electron chi connectivity index (χ4n) is 2.54. The van der Waals surface area contributed by atoms with Crippen molar-refractivity contribution < 1.29 is 4.74 Å². The van der Waals surface area contributed by atoms with Crippen molar-refractivity contribution in [3.63, 3.8) is 0 Å². The first-order valence-corrected chi connectivity index (χ1v) is 8.57. The summed E-state index contributed by atoms with van der Waals surface area (Å²) in [5.74, 6) is 2.59. The molecule has 0 saturated heterocycles. The van der Waals surface area contributed by atoms with Gasteiger partial charge in [-0.1, -0.05) is 20.3 Å². The number of anilines is 2. The minimum absolute atomic E-state index is 0.509. The van der Waals surface area contributed by atoms with Crippen molar-refractivity contribution in [2.24, 2.45) is 0 Å². The molecule has 112 valence electrons. The van der Waals surface area contributed by atoms with Crippen molar-refractivity contribution in [3.8, 4) is 5.88 Å². The second-order valence-corrected chi connectivity index (χ2v) is 6.63. The van der Waals surface area contributed by atoms with E-state index in [1.807, 2.05) is 23.9 Å². The Labute approximate surface area is 125 Å². The molecule has 2 rings (SSSR count). The van der Waals surface area contributed by atoms with Gasteiger partial charge in [0.2, 0.25) is 5.88 Å². The van der Waals surface area contributed by atoms with Crippen LogP contribution in [0.15, 0.2) is 12.1 Å². The fourth-order valence-corrected chi connectivity index (χ4v) is 3.74. The average molecular weight is 295 g/mol. The average Bonchev–Trinajstić information content (AvgIpc) is 2.87. The highest BCUT2D eigenvalue weighted by molar-refractivity contribution is 7.99. The number of thioether (sulfide) groups is 1. The van der Waals surface area contributed by atoms with Crippen molar-refractivity contribution >= 4 is 23.3 Å². The van der Waals surface area contributed by atoms with Gasteiger partial charge in [-0.2, -0.15) is 16.7 Å². The van der Waals surface area contributed by atoms with E-state index in [2.05, 4.69) is 24.1 Å². The number of hydrogen-bond donors (Lipinski definition) is 2. The van der Waals surface area contributed by atoms with Gasteiger partial charge in [-0.15, -0.1) is 0 Å². The van der Waals surface area contributed by atoms with Gasteiger partial charge in [0.05, 0.1) is 12.3 Å². The summed E-state index contributed by atoms with van der Waals surface area (Å²) >= 11 is 2.04. The Kier molecular flexibility index (Phi) is 5.83. The van der Waals surface area contributed by atoms with Gasteiger partial charge in [-0.25, -0.2) is 0 Å². The maximum absolute atomic E-state index is 5.89. The third-order valence-electron chi connectivity index (χ3n) is 3.50. The smallest absolute Gasteiger partial charge is 0.239 e. The molecule has 5 heteroatoms. The molecule has 0 bridgehead atoms. The third kappa shape index (κ3) is 3.95. The van der Waals surface area contributed by atoms with Crippen LogP contribution >= 0.6 is 11.8 Å². The predicted molar refractivity (Wildman–Crippen MR) is 87.6 cm³/mol. The quantitative estimate of drug-likeness (QED) is 0.805. The molecule has 0 spiro atoms. The molecule has 1 aliphatic rings. The number of hydrogen-bond acceptors (Lipinski definition) is 5. The molecule has 1 aromatic rings. The molecule has 1 aliphatic carbocycles. The lowest BCUT2D eigenvalue weighted by Gasteiger charge is -2.21. The van der Waals surface area contributed by atoms with E-state index in [9.17, 15) is 0 Å². The van der Waals surface area contributed by atoms with Crippen LogP contribution in [0.25, 0.3) is 0 Å². The van der Waals surface area contributed by atoms with Gasteiger partial charge < -0.3 is 15.8 Å². The Morgan fingerprint density at radius 2 is 2.25 bits per heavy atom. The summed E-state index contributed by atoms with van der Waals surface area (Å²) in [5.41, 5.74) is 6.50. The van der Waals surface area contributed by atoms with Crippen LogP contribution in [0, 0.1) is 0 Å². The standard InChI is InChI=1S/C15H25N3OS/c1-3-10-19-15-11(16)8-9-14(18-15)17-12-6-5-7-13(12)20-4-2/h8-9,12-13H,3-7,10,16H2,1-2H3,(H,17,18). The molecule has 0 aliphatic heterocycles. The summed E-state index contributed by atoms with van der Waals surface area (Å²) < 4.78 is 5.58. The molecule has 1 heterocycles. The van der Waals surface area contributed by atoms with Crippen LogP contribution in [-0.2, 0) is 0 Å². The van der Waals surface area contributed by atoms with Crippen molar-refractivity contribution in [3.05, 3.63) is 12.1 Å². The summed E-state index contributed by atoms with van der Waals surface area (Å²) in [6.45, 7) is 4.94. The van der Waals surface area contributed by atoms with E-state index in [1.165, 1.54) is 25.0 Å². The summed E-state index contributed by atoms with van der Waals surface area (Å²) in [4.78, 5) is 4.50. The number of nitrogens with one attached hydrogen (secondary N) is 1. The Morgan fingerprint density at radius 3 is 3.00 bits per heavy atom. The summed E-state index contributed by atoms with van der Waals surface area (Å²) in [6.07, 6.45) is 4.76. The van der Waals surface area contributed by atoms with Gasteiger partial charge in [-0.05, 0) is 37.1 Å². The second kappa shape index (κ2) is 7.62. The van der Waals surface area contributed by atoms with Crippen LogP contribution in [-0.4, -0.2) is 28.6 Å². The number of pyridine rings is 1. The van der Waals surface area contributed by atoms with E-state index < -0.39 is 0 Å². The van der Waals surface area contributed by atoms with Gasteiger partial charge in [0, 0.05) is 11.3 Å². The minimum Gasteiger partial charge on any atom is -0.476 e. The number of aromatic nitrogens is 1. The molecule has 2 unspecified atom stereocenters. The molecule has 3 N–H and O–H groups in total. The zero-order valence-corrected chi connectivity index (χ0v) is 13.2. The maximum Gasteiger partial charge on any atom is 0.239 e. The molecule has 1 fully saturated rings. The molecule has 2 atom stereocenters. The zero-order valence-electron chi connectivity index (χ0n) is 12.4. The summed E-state index contributed by atoms with van der Waals surface area (Å²) in [7, 11) is 0. The molecule has 0 aromatic carbocycles. The molecular weight excluding hydrogens is 270 g/mol. The van der Waals surface area contributed by atoms with E-state index in [4.69, 9.17) is 10.5 Å². The monoisotopic (exact) mass is 295 g/mol. The molecule has 1 saturated carbocycles. The minimum atomic E-state index is 0.509. The highest BCUT2D eigenvalue weighted by Crippen LogP contribution is 2.32. The van der Waals surface area contributed by atoms with Gasteiger partial charge >= 0.3 is 0 Å². The summed E-state index contributed by atoms with van der Waals surface area (Å²) in [6, 6.07) is 4.33.